The average Bonchev–Trinajstić information content (AvgIpc) is 3.28. The van der Waals surface area contributed by atoms with Gasteiger partial charge in [-0.05, 0) is 62.5 Å². The van der Waals surface area contributed by atoms with E-state index in [-0.39, 0.29) is 5.82 Å². The Bertz CT molecular complexity index is 1020. The zero-order chi connectivity index (χ0) is 21.7. The summed E-state index contributed by atoms with van der Waals surface area (Å²) in [7, 11) is 3.74. The van der Waals surface area contributed by atoms with Crippen LogP contribution in [0, 0.1) is 18.7 Å². The molecule has 1 saturated heterocycles. The second kappa shape index (κ2) is 10.2. The van der Waals surface area contributed by atoms with Crippen LogP contribution in [0.5, 0.6) is 0 Å². The Morgan fingerprint density at radius 2 is 2.17 bits per heavy atom. The van der Waals surface area contributed by atoms with Crippen LogP contribution in [0.15, 0.2) is 41.4 Å². The maximum atomic E-state index is 13.4. The van der Waals surface area contributed by atoms with Crippen molar-refractivity contribution >= 4 is 29.1 Å². The van der Waals surface area contributed by atoms with E-state index in [4.69, 9.17) is 0 Å². The van der Waals surface area contributed by atoms with Crippen molar-refractivity contribution in [3.8, 4) is 0 Å². The van der Waals surface area contributed by atoms with Gasteiger partial charge in [-0.15, -0.1) is 0 Å². The van der Waals surface area contributed by atoms with Crippen molar-refractivity contribution in [2.75, 3.05) is 20.1 Å². The predicted octanol–water partition coefficient (Wildman–Crippen LogP) is 4.59. The number of nitrogens with one attached hydrogen (secondary N) is 1. The topological polar surface area (TPSA) is 50.2 Å². The molecule has 1 N–H and O–H groups in total. The SMILES string of the molecule is CNCc1c(F)ccc2ncccc12.Cc1c(SN2CCC(C)C2)cc(C=O)n1C. The van der Waals surface area contributed by atoms with Crippen LogP contribution in [0.1, 0.15) is 35.1 Å². The van der Waals surface area contributed by atoms with E-state index in [0.29, 0.717) is 12.1 Å². The van der Waals surface area contributed by atoms with E-state index in [1.807, 2.05) is 29.8 Å². The molecule has 1 aliphatic rings. The maximum absolute atomic E-state index is 13.4. The van der Waals surface area contributed by atoms with Crippen molar-refractivity contribution < 1.29 is 9.18 Å². The molecule has 1 unspecified atom stereocenters. The molecule has 0 amide bonds. The number of fused-ring (bicyclic) bond motifs is 1. The van der Waals surface area contributed by atoms with Crippen LogP contribution in [0.2, 0.25) is 0 Å². The van der Waals surface area contributed by atoms with Gasteiger partial charge in [-0.3, -0.25) is 9.78 Å². The van der Waals surface area contributed by atoms with Gasteiger partial charge in [0, 0.05) is 54.4 Å². The normalized spacial score (nSPS) is 16.5. The molecule has 1 aromatic carbocycles. The fourth-order valence-corrected chi connectivity index (χ4v) is 4.81. The molecule has 1 aliphatic heterocycles. The molecule has 3 aromatic rings. The summed E-state index contributed by atoms with van der Waals surface area (Å²) in [6, 6.07) is 8.85. The molecule has 30 heavy (non-hydrogen) atoms. The molecule has 0 aliphatic carbocycles. The standard InChI is InChI=1S/C12H18N2OS.C11H11FN2/c1-9-4-5-14(7-9)16-12-6-11(8-15)13(3)10(12)2;1-13-7-9-8-3-2-6-14-11(8)5-4-10(9)12/h6,8-9H,4-5,7H2,1-3H3;2-6,13H,7H2,1H3. The Kier molecular flexibility index (Phi) is 7.64. The second-order valence-corrected chi connectivity index (χ2v) is 8.83. The van der Waals surface area contributed by atoms with Crippen molar-refractivity contribution in [1.29, 1.82) is 0 Å². The number of rotatable bonds is 5. The monoisotopic (exact) mass is 428 g/mol. The molecule has 7 heteroatoms. The molecule has 0 saturated carbocycles. The van der Waals surface area contributed by atoms with Gasteiger partial charge in [0.2, 0.25) is 0 Å². The smallest absolute Gasteiger partial charge is 0.166 e. The first-order chi connectivity index (χ1) is 14.4. The van der Waals surface area contributed by atoms with Crippen LogP contribution in [0.3, 0.4) is 0 Å². The maximum Gasteiger partial charge on any atom is 0.166 e. The summed E-state index contributed by atoms with van der Waals surface area (Å²) in [4.78, 5) is 16.2. The molecule has 1 atom stereocenters. The zero-order valence-electron chi connectivity index (χ0n) is 18.0. The summed E-state index contributed by atoms with van der Waals surface area (Å²) >= 11 is 1.79. The minimum Gasteiger partial charge on any atom is -0.345 e. The highest BCUT2D eigenvalue weighted by Crippen LogP contribution is 2.32. The molecule has 1 fully saturated rings. The number of hydrogen-bond acceptors (Lipinski definition) is 5. The Morgan fingerprint density at radius 3 is 2.80 bits per heavy atom. The molecule has 160 valence electrons. The van der Waals surface area contributed by atoms with Crippen LogP contribution in [0.4, 0.5) is 4.39 Å². The lowest BCUT2D eigenvalue weighted by Gasteiger charge is -2.13. The molecular formula is C23H29FN4OS. The van der Waals surface area contributed by atoms with Crippen molar-refractivity contribution in [3.05, 3.63) is 59.3 Å². The third-order valence-electron chi connectivity index (χ3n) is 5.45. The molecule has 0 bridgehead atoms. The van der Waals surface area contributed by atoms with Crippen LogP contribution < -0.4 is 5.32 Å². The van der Waals surface area contributed by atoms with E-state index >= 15 is 0 Å². The van der Waals surface area contributed by atoms with Gasteiger partial charge in [0.05, 0.1) is 11.2 Å². The Balaban J connectivity index is 0.000000172. The number of carbonyl (C=O) groups excluding carboxylic acids is 1. The van der Waals surface area contributed by atoms with Crippen LogP contribution >= 0.6 is 11.9 Å². The van der Waals surface area contributed by atoms with Crippen LogP contribution in [-0.4, -0.2) is 40.3 Å². The number of halogens is 1. The first kappa shape index (κ1) is 22.5. The number of aromatic nitrogens is 2. The van der Waals surface area contributed by atoms with Gasteiger partial charge in [-0.25, -0.2) is 8.70 Å². The summed E-state index contributed by atoms with van der Waals surface area (Å²) in [5, 5.41) is 3.83. The van der Waals surface area contributed by atoms with E-state index in [1.165, 1.54) is 23.1 Å². The predicted molar refractivity (Wildman–Crippen MR) is 121 cm³/mol. The molecule has 0 spiro atoms. The van der Waals surface area contributed by atoms with E-state index in [1.54, 1.807) is 31.3 Å². The highest BCUT2D eigenvalue weighted by molar-refractivity contribution is 7.97. The number of hydrogen-bond donors (Lipinski definition) is 1. The minimum absolute atomic E-state index is 0.181. The van der Waals surface area contributed by atoms with Crippen molar-refractivity contribution in [2.45, 2.75) is 31.7 Å². The minimum atomic E-state index is -0.181. The summed E-state index contributed by atoms with van der Waals surface area (Å²) in [6.45, 7) is 7.17. The summed E-state index contributed by atoms with van der Waals surface area (Å²) < 4.78 is 17.8. The molecule has 4 rings (SSSR count). The van der Waals surface area contributed by atoms with E-state index in [9.17, 15) is 9.18 Å². The van der Waals surface area contributed by atoms with Crippen molar-refractivity contribution in [1.82, 2.24) is 19.2 Å². The highest BCUT2D eigenvalue weighted by atomic mass is 32.2. The van der Waals surface area contributed by atoms with Gasteiger partial charge in [0.1, 0.15) is 5.82 Å². The Labute approximate surface area is 181 Å². The number of pyridine rings is 1. The van der Waals surface area contributed by atoms with Crippen molar-refractivity contribution in [3.63, 3.8) is 0 Å². The second-order valence-electron chi connectivity index (χ2n) is 7.70. The zero-order valence-corrected chi connectivity index (χ0v) is 18.8. The van der Waals surface area contributed by atoms with E-state index < -0.39 is 0 Å². The highest BCUT2D eigenvalue weighted by Gasteiger charge is 2.21. The first-order valence-corrected chi connectivity index (χ1v) is 10.9. The van der Waals surface area contributed by atoms with E-state index in [2.05, 4.69) is 28.5 Å². The van der Waals surface area contributed by atoms with Gasteiger partial charge < -0.3 is 9.88 Å². The summed E-state index contributed by atoms with van der Waals surface area (Å²) in [5.41, 5.74) is 3.44. The molecular weight excluding hydrogens is 399 g/mol. The van der Waals surface area contributed by atoms with E-state index in [0.717, 1.165) is 41.9 Å². The first-order valence-electron chi connectivity index (χ1n) is 10.2. The Morgan fingerprint density at radius 1 is 1.37 bits per heavy atom. The average molecular weight is 429 g/mol. The summed E-state index contributed by atoms with van der Waals surface area (Å²) in [6.07, 6.45) is 3.91. The quantitative estimate of drug-likeness (QED) is 0.476. The fraction of sp³-hybridized carbons (Fsp3) is 0.391. The fourth-order valence-electron chi connectivity index (χ4n) is 3.56. The van der Waals surface area contributed by atoms with Gasteiger partial charge >= 0.3 is 0 Å². The number of aldehydes is 1. The lowest BCUT2D eigenvalue weighted by atomic mass is 10.1. The number of carbonyl (C=O) groups is 1. The van der Waals surface area contributed by atoms with Crippen LogP contribution in [0.25, 0.3) is 10.9 Å². The summed E-state index contributed by atoms with van der Waals surface area (Å²) in [5.74, 6) is 0.613. The third-order valence-corrected chi connectivity index (χ3v) is 6.65. The van der Waals surface area contributed by atoms with Gasteiger partial charge in [0.15, 0.2) is 6.29 Å². The molecule has 2 aromatic heterocycles. The Hall–Kier alpha value is -2.22. The third kappa shape index (κ3) is 5.09. The van der Waals surface area contributed by atoms with Gasteiger partial charge in [-0.1, -0.05) is 13.0 Å². The van der Waals surface area contributed by atoms with Crippen molar-refractivity contribution in [2.24, 2.45) is 13.0 Å². The molecule has 5 nitrogen and oxygen atoms in total. The molecule has 3 heterocycles. The van der Waals surface area contributed by atoms with Gasteiger partial charge in [-0.2, -0.15) is 0 Å². The largest absolute Gasteiger partial charge is 0.345 e. The number of nitrogens with zero attached hydrogens (tertiary/aromatic N) is 3. The lowest BCUT2D eigenvalue weighted by Crippen LogP contribution is -2.10. The molecule has 0 radical (unpaired) electrons. The van der Waals surface area contributed by atoms with Crippen LogP contribution in [-0.2, 0) is 13.6 Å². The van der Waals surface area contributed by atoms with Gasteiger partial charge in [0.25, 0.3) is 0 Å². The lowest BCUT2D eigenvalue weighted by molar-refractivity contribution is 0.111. The number of benzene rings is 1.